The van der Waals surface area contributed by atoms with Crippen molar-refractivity contribution >= 4 is 34.7 Å². The van der Waals surface area contributed by atoms with Crippen molar-refractivity contribution in [2.75, 3.05) is 11.9 Å². The molecule has 1 atom stereocenters. The molecule has 116 valence electrons. The predicted molar refractivity (Wildman–Crippen MR) is 85.5 cm³/mol. The first-order valence-electron chi connectivity index (χ1n) is 6.36. The van der Waals surface area contributed by atoms with Crippen LogP contribution in [0.4, 0.5) is 11.5 Å². The molecule has 1 unspecified atom stereocenters. The van der Waals surface area contributed by atoms with Crippen molar-refractivity contribution in [1.82, 2.24) is 4.98 Å². The van der Waals surface area contributed by atoms with Crippen LogP contribution in [0.5, 0.6) is 0 Å². The Bertz CT molecular complexity index is 710. The molecule has 0 bridgehead atoms. The molecule has 0 radical (unpaired) electrons. The van der Waals surface area contributed by atoms with Crippen molar-refractivity contribution in [3.05, 3.63) is 61.7 Å². The first-order chi connectivity index (χ1) is 10.4. The number of aliphatic hydroxyl groups excluding tert-OH is 1. The third kappa shape index (κ3) is 3.85. The smallest absolute Gasteiger partial charge is 0.290 e. The Kier molecular flexibility index (Phi) is 5.18. The van der Waals surface area contributed by atoms with Crippen LogP contribution in [-0.4, -0.2) is 21.6 Å². The summed E-state index contributed by atoms with van der Waals surface area (Å²) in [5.41, 5.74) is 0.977. The van der Waals surface area contributed by atoms with Crippen LogP contribution in [0.15, 0.2) is 30.5 Å². The van der Waals surface area contributed by atoms with Crippen LogP contribution in [0, 0.1) is 17.0 Å². The van der Waals surface area contributed by atoms with Gasteiger partial charge in [0.15, 0.2) is 0 Å². The van der Waals surface area contributed by atoms with Crippen LogP contribution in [-0.2, 0) is 0 Å². The molecule has 1 aromatic heterocycles. The predicted octanol–water partition coefficient (Wildman–Crippen LogP) is 3.75. The Labute approximate surface area is 136 Å². The highest BCUT2D eigenvalue weighted by Crippen LogP contribution is 2.26. The molecule has 2 N–H and O–H groups in total. The average Bonchev–Trinajstić information content (AvgIpc) is 2.44. The second kappa shape index (κ2) is 6.91. The number of halogens is 2. The Balaban J connectivity index is 2.06. The lowest BCUT2D eigenvalue weighted by molar-refractivity contribution is -0.385. The van der Waals surface area contributed by atoms with Gasteiger partial charge in [-0.25, -0.2) is 4.98 Å². The van der Waals surface area contributed by atoms with Gasteiger partial charge in [-0.3, -0.25) is 10.1 Å². The number of pyridine rings is 1. The van der Waals surface area contributed by atoms with Crippen molar-refractivity contribution < 1.29 is 10.0 Å². The third-order valence-corrected chi connectivity index (χ3v) is 3.64. The minimum atomic E-state index is -0.859. The average molecular weight is 342 g/mol. The number of anilines is 1. The molecule has 2 rings (SSSR count). The van der Waals surface area contributed by atoms with E-state index >= 15 is 0 Å². The SMILES string of the molecule is Cc1cc(NCC(O)c2ccc(Cl)cc2Cl)ncc1[N+](=O)[O-]. The molecule has 6 nitrogen and oxygen atoms in total. The van der Waals surface area contributed by atoms with Crippen molar-refractivity contribution in [3.8, 4) is 0 Å². The van der Waals surface area contributed by atoms with Gasteiger partial charge >= 0.3 is 0 Å². The standard InChI is InChI=1S/C14H13Cl2N3O3/c1-8-4-14(17-6-12(8)19(21)22)18-7-13(20)10-3-2-9(15)5-11(10)16/h2-6,13,20H,7H2,1H3,(H,17,18). The molecule has 0 amide bonds. The second-order valence-electron chi connectivity index (χ2n) is 4.68. The molecule has 2 aromatic rings. The number of nitro groups is 1. The topological polar surface area (TPSA) is 88.3 Å². The molecule has 0 aliphatic carbocycles. The van der Waals surface area contributed by atoms with Gasteiger partial charge in [-0.2, -0.15) is 0 Å². The van der Waals surface area contributed by atoms with E-state index in [1.165, 1.54) is 6.20 Å². The maximum atomic E-state index is 10.7. The molecule has 0 aliphatic heterocycles. The molecule has 0 fully saturated rings. The number of aryl methyl sites for hydroxylation is 1. The van der Waals surface area contributed by atoms with Gasteiger partial charge in [0.1, 0.15) is 12.0 Å². The number of hydrogen-bond donors (Lipinski definition) is 2. The minimum absolute atomic E-state index is 0.0492. The van der Waals surface area contributed by atoms with E-state index in [2.05, 4.69) is 10.3 Å². The fraction of sp³-hybridized carbons (Fsp3) is 0.214. The van der Waals surface area contributed by atoms with Gasteiger partial charge in [0, 0.05) is 27.7 Å². The summed E-state index contributed by atoms with van der Waals surface area (Å²) in [6.45, 7) is 1.78. The number of hydrogen-bond acceptors (Lipinski definition) is 5. The van der Waals surface area contributed by atoms with Gasteiger partial charge in [0.25, 0.3) is 5.69 Å². The largest absolute Gasteiger partial charge is 0.387 e. The summed E-state index contributed by atoms with van der Waals surface area (Å²) in [5, 5.41) is 24.6. The zero-order valence-electron chi connectivity index (χ0n) is 11.6. The van der Waals surface area contributed by atoms with Gasteiger partial charge in [-0.15, -0.1) is 0 Å². The lowest BCUT2D eigenvalue weighted by atomic mass is 10.1. The van der Waals surface area contributed by atoms with Crippen LogP contribution in [0.3, 0.4) is 0 Å². The van der Waals surface area contributed by atoms with Crippen molar-refractivity contribution in [3.63, 3.8) is 0 Å². The van der Waals surface area contributed by atoms with E-state index in [0.717, 1.165) is 0 Å². The highest BCUT2D eigenvalue weighted by molar-refractivity contribution is 6.35. The third-order valence-electron chi connectivity index (χ3n) is 3.08. The Morgan fingerprint density at radius 1 is 1.41 bits per heavy atom. The molecule has 22 heavy (non-hydrogen) atoms. The summed E-state index contributed by atoms with van der Waals surface area (Å²) in [6, 6.07) is 6.38. The summed E-state index contributed by atoms with van der Waals surface area (Å²) in [5.74, 6) is 0.437. The monoisotopic (exact) mass is 341 g/mol. The summed E-state index contributed by atoms with van der Waals surface area (Å²) in [6.07, 6.45) is 0.321. The Morgan fingerprint density at radius 3 is 2.73 bits per heavy atom. The van der Waals surface area contributed by atoms with E-state index in [4.69, 9.17) is 23.2 Å². The van der Waals surface area contributed by atoms with E-state index in [0.29, 0.717) is 27.0 Å². The lowest BCUT2D eigenvalue weighted by Crippen LogP contribution is -2.13. The Morgan fingerprint density at radius 2 is 2.14 bits per heavy atom. The van der Waals surface area contributed by atoms with E-state index in [1.807, 2.05) is 0 Å². The fourth-order valence-electron chi connectivity index (χ4n) is 1.92. The van der Waals surface area contributed by atoms with Crippen LogP contribution in [0.25, 0.3) is 0 Å². The van der Waals surface area contributed by atoms with Gasteiger partial charge in [-0.1, -0.05) is 29.3 Å². The zero-order valence-corrected chi connectivity index (χ0v) is 13.1. The number of nitrogens with one attached hydrogen (secondary N) is 1. The maximum Gasteiger partial charge on any atom is 0.290 e. The Hall–Kier alpha value is -1.89. The van der Waals surface area contributed by atoms with E-state index in [-0.39, 0.29) is 12.2 Å². The van der Waals surface area contributed by atoms with E-state index in [9.17, 15) is 15.2 Å². The highest BCUT2D eigenvalue weighted by atomic mass is 35.5. The van der Waals surface area contributed by atoms with E-state index < -0.39 is 11.0 Å². The lowest BCUT2D eigenvalue weighted by Gasteiger charge is -2.14. The van der Waals surface area contributed by atoms with Crippen molar-refractivity contribution in [1.29, 1.82) is 0 Å². The number of rotatable bonds is 5. The number of aromatic nitrogens is 1. The number of benzene rings is 1. The maximum absolute atomic E-state index is 10.7. The molecular weight excluding hydrogens is 329 g/mol. The summed E-state index contributed by atoms with van der Waals surface area (Å²) in [7, 11) is 0. The molecular formula is C14H13Cl2N3O3. The van der Waals surface area contributed by atoms with E-state index in [1.54, 1.807) is 31.2 Å². The first kappa shape index (κ1) is 16.5. The second-order valence-corrected chi connectivity index (χ2v) is 5.52. The molecule has 0 spiro atoms. The number of nitrogens with zero attached hydrogens (tertiary/aromatic N) is 2. The molecule has 0 saturated heterocycles. The van der Waals surface area contributed by atoms with Gasteiger partial charge < -0.3 is 10.4 Å². The van der Waals surface area contributed by atoms with Crippen LogP contribution in [0.2, 0.25) is 10.0 Å². The fourth-order valence-corrected chi connectivity index (χ4v) is 2.45. The molecule has 0 aliphatic rings. The molecule has 8 heteroatoms. The quantitative estimate of drug-likeness (QED) is 0.638. The highest BCUT2D eigenvalue weighted by Gasteiger charge is 2.14. The van der Waals surface area contributed by atoms with Crippen molar-refractivity contribution in [2.24, 2.45) is 0 Å². The first-order valence-corrected chi connectivity index (χ1v) is 7.12. The normalized spacial score (nSPS) is 12.0. The molecule has 1 heterocycles. The summed E-state index contributed by atoms with van der Waals surface area (Å²) < 4.78 is 0. The van der Waals surface area contributed by atoms with Crippen molar-refractivity contribution in [2.45, 2.75) is 13.0 Å². The van der Waals surface area contributed by atoms with Gasteiger partial charge in [0.05, 0.1) is 11.0 Å². The number of aliphatic hydroxyl groups is 1. The molecule has 0 saturated carbocycles. The van der Waals surface area contributed by atoms with Crippen LogP contribution >= 0.6 is 23.2 Å². The van der Waals surface area contributed by atoms with Crippen LogP contribution in [0.1, 0.15) is 17.2 Å². The van der Waals surface area contributed by atoms with Crippen LogP contribution < -0.4 is 5.32 Å². The zero-order chi connectivity index (χ0) is 16.3. The van der Waals surface area contributed by atoms with Gasteiger partial charge in [0.2, 0.25) is 0 Å². The summed E-state index contributed by atoms with van der Waals surface area (Å²) in [4.78, 5) is 14.2. The summed E-state index contributed by atoms with van der Waals surface area (Å²) >= 11 is 11.8. The molecule has 1 aromatic carbocycles. The van der Waals surface area contributed by atoms with Gasteiger partial charge in [-0.05, 0) is 25.1 Å². The minimum Gasteiger partial charge on any atom is -0.387 e.